The Morgan fingerprint density at radius 2 is 2.17 bits per heavy atom. The lowest BCUT2D eigenvalue weighted by atomic mass is 10.2. The Morgan fingerprint density at radius 1 is 1.39 bits per heavy atom. The van der Waals surface area contributed by atoms with Gasteiger partial charge in [0.25, 0.3) is 5.91 Å². The molecule has 7 nitrogen and oxygen atoms in total. The quantitative estimate of drug-likeness (QED) is 0.847. The normalized spacial score (nSPS) is 10.1. The van der Waals surface area contributed by atoms with Crippen LogP contribution in [0.15, 0.2) is 28.9 Å². The van der Waals surface area contributed by atoms with Crippen molar-refractivity contribution in [1.29, 1.82) is 0 Å². The van der Waals surface area contributed by atoms with Gasteiger partial charge in [-0.2, -0.15) is 0 Å². The summed E-state index contributed by atoms with van der Waals surface area (Å²) in [6, 6.07) is 4.18. The average molecular weight is 247 g/mol. The lowest BCUT2D eigenvalue weighted by molar-refractivity contribution is 0.0695. The zero-order chi connectivity index (χ0) is 13.1. The number of hydrogen-bond donors (Lipinski definition) is 2. The van der Waals surface area contributed by atoms with Crippen LogP contribution in [0.2, 0.25) is 0 Å². The zero-order valence-electron chi connectivity index (χ0n) is 9.38. The van der Waals surface area contributed by atoms with Gasteiger partial charge in [0.05, 0.1) is 11.3 Å². The van der Waals surface area contributed by atoms with Crippen LogP contribution in [0.3, 0.4) is 0 Å². The number of pyridine rings is 1. The molecule has 7 heteroatoms. The fourth-order valence-corrected chi connectivity index (χ4v) is 1.25. The number of carboxylic acid groups (broad SMARTS) is 1. The second-order valence-electron chi connectivity index (χ2n) is 3.52. The number of anilines is 1. The van der Waals surface area contributed by atoms with E-state index < -0.39 is 11.9 Å². The van der Waals surface area contributed by atoms with E-state index in [-0.39, 0.29) is 17.1 Å². The topological polar surface area (TPSA) is 105 Å². The molecule has 0 bridgehead atoms. The lowest BCUT2D eigenvalue weighted by Gasteiger charge is -2.00. The van der Waals surface area contributed by atoms with Gasteiger partial charge in [0.1, 0.15) is 5.69 Å². The summed E-state index contributed by atoms with van der Waals surface area (Å²) < 4.78 is 4.81. The molecule has 0 atom stereocenters. The number of rotatable bonds is 3. The van der Waals surface area contributed by atoms with Crippen molar-refractivity contribution in [2.75, 3.05) is 5.32 Å². The molecule has 0 fully saturated rings. The first-order valence-corrected chi connectivity index (χ1v) is 5.00. The summed E-state index contributed by atoms with van der Waals surface area (Å²) in [7, 11) is 0. The van der Waals surface area contributed by atoms with Crippen LogP contribution in [0.5, 0.6) is 0 Å². The van der Waals surface area contributed by atoms with Gasteiger partial charge in [-0.25, -0.2) is 4.79 Å². The van der Waals surface area contributed by atoms with Crippen LogP contribution >= 0.6 is 0 Å². The molecule has 92 valence electrons. The predicted octanol–water partition coefficient (Wildman–Crippen LogP) is 1.33. The summed E-state index contributed by atoms with van der Waals surface area (Å²) in [6.07, 6.45) is 1.11. The van der Waals surface area contributed by atoms with Gasteiger partial charge >= 0.3 is 5.97 Å². The number of aromatic nitrogens is 2. The predicted molar refractivity (Wildman–Crippen MR) is 60.4 cm³/mol. The molecule has 0 radical (unpaired) electrons. The molecule has 2 aromatic heterocycles. The van der Waals surface area contributed by atoms with E-state index >= 15 is 0 Å². The van der Waals surface area contributed by atoms with Crippen molar-refractivity contribution in [1.82, 2.24) is 10.1 Å². The first-order valence-electron chi connectivity index (χ1n) is 5.00. The van der Waals surface area contributed by atoms with Gasteiger partial charge in [0.2, 0.25) is 5.88 Å². The molecule has 0 saturated heterocycles. The molecule has 0 saturated carbocycles. The van der Waals surface area contributed by atoms with E-state index in [0.717, 1.165) is 6.20 Å². The smallest absolute Gasteiger partial charge is 0.337 e. The van der Waals surface area contributed by atoms with Crippen molar-refractivity contribution in [2.24, 2.45) is 0 Å². The van der Waals surface area contributed by atoms with E-state index in [1.807, 2.05) is 0 Å². The molecular formula is C11H9N3O4. The Morgan fingerprint density at radius 3 is 2.67 bits per heavy atom. The molecule has 2 heterocycles. The van der Waals surface area contributed by atoms with Crippen LogP contribution in [0.4, 0.5) is 5.88 Å². The first kappa shape index (κ1) is 11.8. The number of carbonyl (C=O) groups excluding carboxylic acids is 1. The maximum absolute atomic E-state index is 11.7. The van der Waals surface area contributed by atoms with Crippen LogP contribution in [-0.2, 0) is 0 Å². The van der Waals surface area contributed by atoms with Crippen molar-refractivity contribution >= 4 is 17.8 Å². The van der Waals surface area contributed by atoms with Crippen LogP contribution in [0, 0.1) is 6.92 Å². The van der Waals surface area contributed by atoms with E-state index in [4.69, 9.17) is 9.63 Å². The van der Waals surface area contributed by atoms with Crippen molar-refractivity contribution < 1.29 is 19.2 Å². The minimum atomic E-state index is -1.10. The van der Waals surface area contributed by atoms with E-state index in [1.54, 1.807) is 13.0 Å². The number of carboxylic acids is 1. The minimum absolute atomic E-state index is 0.0158. The van der Waals surface area contributed by atoms with E-state index in [1.165, 1.54) is 12.1 Å². The summed E-state index contributed by atoms with van der Waals surface area (Å²) in [4.78, 5) is 26.1. The molecule has 0 aromatic carbocycles. The number of nitrogens with one attached hydrogen (secondary N) is 1. The Balaban J connectivity index is 2.11. The average Bonchev–Trinajstić information content (AvgIpc) is 2.75. The Labute approximate surface area is 101 Å². The van der Waals surface area contributed by atoms with Gasteiger partial charge in [0, 0.05) is 12.3 Å². The van der Waals surface area contributed by atoms with Gasteiger partial charge in [0.15, 0.2) is 0 Å². The summed E-state index contributed by atoms with van der Waals surface area (Å²) in [5.74, 6) is -1.38. The Bertz CT molecular complexity index is 589. The maximum atomic E-state index is 11.7. The van der Waals surface area contributed by atoms with E-state index in [0.29, 0.717) is 5.69 Å². The zero-order valence-corrected chi connectivity index (χ0v) is 9.38. The van der Waals surface area contributed by atoms with Gasteiger partial charge in [-0.15, -0.1) is 0 Å². The summed E-state index contributed by atoms with van der Waals surface area (Å²) >= 11 is 0. The molecule has 0 aliphatic carbocycles. The lowest BCUT2D eigenvalue weighted by Crippen LogP contribution is -2.13. The molecule has 0 aliphatic rings. The van der Waals surface area contributed by atoms with Crippen molar-refractivity contribution in [3.05, 3.63) is 41.3 Å². The van der Waals surface area contributed by atoms with Crippen LogP contribution in [0.1, 0.15) is 26.5 Å². The highest BCUT2D eigenvalue weighted by atomic mass is 16.5. The third kappa shape index (κ3) is 2.51. The number of aromatic carboxylic acids is 1. The fraction of sp³-hybridized carbons (Fsp3) is 0.0909. The molecule has 18 heavy (non-hydrogen) atoms. The van der Waals surface area contributed by atoms with Gasteiger partial charge < -0.3 is 9.63 Å². The summed E-state index contributed by atoms with van der Waals surface area (Å²) in [5, 5.41) is 14.8. The van der Waals surface area contributed by atoms with Crippen LogP contribution in [0.25, 0.3) is 0 Å². The molecule has 2 rings (SSSR count). The number of nitrogens with zero attached hydrogens (tertiary/aromatic N) is 2. The number of carbonyl (C=O) groups is 2. The second-order valence-corrected chi connectivity index (χ2v) is 3.52. The molecule has 0 aliphatic heterocycles. The summed E-state index contributed by atoms with van der Waals surface area (Å²) in [5.41, 5.74) is 0.746. The monoisotopic (exact) mass is 247 g/mol. The van der Waals surface area contributed by atoms with Crippen LogP contribution in [-0.4, -0.2) is 27.1 Å². The fourth-order valence-electron chi connectivity index (χ4n) is 1.25. The highest BCUT2D eigenvalue weighted by molar-refractivity contribution is 6.02. The van der Waals surface area contributed by atoms with Gasteiger partial charge in [-0.05, 0) is 19.1 Å². The van der Waals surface area contributed by atoms with Crippen LogP contribution < -0.4 is 5.32 Å². The molecule has 1 amide bonds. The minimum Gasteiger partial charge on any atom is -0.478 e. The van der Waals surface area contributed by atoms with Gasteiger partial charge in [-0.1, -0.05) is 5.16 Å². The van der Waals surface area contributed by atoms with Gasteiger partial charge in [-0.3, -0.25) is 15.1 Å². The number of aryl methyl sites for hydroxylation is 1. The summed E-state index contributed by atoms with van der Waals surface area (Å²) in [6.45, 7) is 1.72. The Hall–Kier alpha value is -2.70. The van der Waals surface area contributed by atoms with Crippen molar-refractivity contribution in [3.63, 3.8) is 0 Å². The standard InChI is InChI=1S/C11H9N3O4/c1-6-4-9(18-14-6)13-10(15)8-3-2-7(5-12-8)11(16)17/h2-5H,1H3,(H,13,15)(H,16,17). The number of hydrogen-bond acceptors (Lipinski definition) is 5. The molecule has 0 spiro atoms. The SMILES string of the molecule is Cc1cc(NC(=O)c2ccc(C(=O)O)cn2)on1. The first-order chi connectivity index (χ1) is 8.56. The molecule has 2 N–H and O–H groups in total. The Kier molecular flexibility index (Phi) is 3.05. The third-order valence-corrected chi connectivity index (χ3v) is 2.11. The highest BCUT2D eigenvalue weighted by Crippen LogP contribution is 2.10. The highest BCUT2D eigenvalue weighted by Gasteiger charge is 2.11. The maximum Gasteiger partial charge on any atom is 0.337 e. The molecule has 2 aromatic rings. The molecule has 0 unspecified atom stereocenters. The van der Waals surface area contributed by atoms with Crippen molar-refractivity contribution in [2.45, 2.75) is 6.92 Å². The second kappa shape index (κ2) is 4.66. The largest absolute Gasteiger partial charge is 0.478 e. The third-order valence-electron chi connectivity index (χ3n) is 2.11. The van der Waals surface area contributed by atoms with E-state index in [2.05, 4.69) is 15.5 Å². The van der Waals surface area contributed by atoms with Crippen molar-refractivity contribution in [3.8, 4) is 0 Å². The number of amides is 1. The van der Waals surface area contributed by atoms with E-state index in [9.17, 15) is 9.59 Å². The molecular weight excluding hydrogens is 238 g/mol.